The van der Waals surface area contributed by atoms with E-state index in [0.29, 0.717) is 11.1 Å². The Balaban J connectivity index is 2.15. The molecule has 1 unspecified atom stereocenters. The van der Waals surface area contributed by atoms with E-state index in [9.17, 15) is 0 Å². The minimum atomic E-state index is 0.215. The SMILES string of the molecule is Clc1noc(C2CCCS2)n1. The second-order valence-electron chi connectivity index (χ2n) is 2.40. The molecule has 1 aliphatic rings. The summed E-state index contributed by atoms with van der Waals surface area (Å²) >= 11 is 7.37. The normalized spacial score (nSPS) is 24.3. The van der Waals surface area contributed by atoms with Crippen molar-refractivity contribution in [2.24, 2.45) is 0 Å². The predicted molar refractivity (Wildman–Crippen MR) is 43.7 cm³/mol. The van der Waals surface area contributed by atoms with Crippen molar-refractivity contribution in [2.75, 3.05) is 5.75 Å². The van der Waals surface area contributed by atoms with Gasteiger partial charge in [0.25, 0.3) is 5.28 Å². The molecule has 60 valence electrons. The summed E-state index contributed by atoms with van der Waals surface area (Å²) < 4.78 is 4.93. The first-order chi connectivity index (χ1) is 5.36. The number of nitrogens with zero attached hydrogens (tertiary/aromatic N) is 2. The van der Waals surface area contributed by atoms with Crippen molar-refractivity contribution in [3.63, 3.8) is 0 Å². The molecule has 2 heterocycles. The lowest BCUT2D eigenvalue weighted by Crippen LogP contribution is -1.86. The van der Waals surface area contributed by atoms with Crippen molar-refractivity contribution >= 4 is 23.4 Å². The van der Waals surface area contributed by atoms with Crippen molar-refractivity contribution in [1.29, 1.82) is 0 Å². The Kier molecular flexibility index (Phi) is 2.05. The van der Waals surface area contributed by atoms with Crippen molar-refractivity contribution in [3.8, 4) is 0 Å². The summed E-state index contributed by atoms with van der Waals surface area (Å²) in [6, 6.07) is 0. The first-order valence-electron chi connectivity index (χ1n) is 3.47. The summed E-state index contributed by atoms with van der Waals surface area (Å²) in [4.78, 5) is 3.96. The predicted octanol–water partition coefficient (Wildman–Crippen LogP) is 2.29. The first-order valence-corrected chi connectivity index (χ1v) is 4.89. The first kappa shape index (κ1) is 7.43. The fourth-order valence-electron chi connectivity index (χ4n) is 1.12. The van der Waals surface area contributed by atoms with E-state index in [0.717, 1.165) is 6.42 Å². The van der Waals surface area contributed by atoms with Gasteiger partial charge in [-0.3, -0.25) is 0 Å². The number of aromatic nitrogens is 2. The molecule has 0 amide bonds. The largest absolute Gasteiger partial charge is 0.337 e. The van der Waals surface area contributed by atoms with Crippen molar-refractivity contribution in [3.05, 3.63) is 11.2 Å². The molecular formula is C6H7ClN2OS. The van der Waals surface area contributed by atoms with Crippen LogP contribution in [0.3, 0.4) is 0 Å². The minimum Gasteiger partial charge on any atom is -0.337 e. The molecule has 0 spiro atoms. The highest BCUT2D eigenvalue weighted by molar-refractivity contribution is 7.99. The van der Waals surface area contributed by atoms with Gasteiger partial charge in [-0.25, -0.2) is 0 Å². The lowest BCUT2D eigenvalue weighted by molar-refractivity contribution is 0.374. The van der Waals surface area contributed by atoms with Crippen LogP contribution in [0.2, 0.25) is 5.28 Å². The molecule has 2 rings (SSSR count). The Labute approximate surface area is 73.5 Å². The lowest BCUT2D eigenvalue weighted by atomic mass is 10.2. The van der Waals surface area contributed by atoms with Crippen LogP contribution >= 0.6 is 23.4 Å². The molecule has 1 aromatic rings. The molecule has 0 N–H and O–H groups in total. The Morgan fingerprint density at radius 1 is 1.64 bits per heavy atom. The molecule has 11 heavy (non-hydrogen) atoms. The second-order valence-corrected chi connectivity index (χ2v) is 4.05. The molecule has 3 nitrogen and oxygen atoms in total. The monoisotopic (exact) mass is 190 g/mol. The van der Waals surface area contributed by atoms with Gasteiger partial charge in [-0.05, 0) is 35.4 Å². The molecule has 0 aromatic carbocycles. The maximum atomic E-state index is 5.51. The molecule has 0 bridgehead atoms. The smallest absolute Gasteiger partial charge is 0.263 e. The third-order valence-corrected chi connectivity index (χ3v) is 3.14. The molecule has 0 radical (unpaired) electrons. The van der Waals surface area contributed by atoms with Gasteiger partial charge in [0.05, 0.1) is 5.25 Å². The third kappa shape index (κ3) is 1.51. The zero-order valence-corrected chi connectivity index (χ0v) is 7.36. The van der Waals surface area contributed by atoms with E-state index >= 15 is 0 Å². The second kappa shape index (κ2) is 3.03. The lowest BCUT2D eigenvalue weighted by Gasteiger charge is -1.98. The maximum absolute atomic E-state index is 5.51. The van der Waals surface area contributed by atoms with Gasteiger partial charge in [-0.2, -0.15) is 4.98 Å². The number of halogens is 1. The maximum Gasteiger partial charge on any atom is 0.263 e. The van der Waals surface area contributed by atoms with Gasteiger partial charge < -0.3 is 4.52 Å². The van der Waals surface area contributed by atoms with Crippen LogP contribution in [-0.2, 0) is 0 Å². The van der Waals surface area contributed by atoms with Gasteiger partial charge in [0.1, 0.15) is 0 Å². The van der Waals surface area contributed by atoms with Gasteiger partial charge in [0.15, 0.2) is 0 Å². The average molecular weight is 191 g/mol. The van der Waals surface area contributed by atoms with E-state index in [-0.39, 0.29) is 5.28 Å². The van der Waals surface area contributed by atoms with Crippen LogP contribution < -0.4 is 0 Å². The summed E-state index contributed by atoms with van der Waals surface area (Å²) in [5, 5.41) is 4.13. The molecule has 1 atom stereocenters. The highest BCUT2D eigenvalue weighted by Gasteiger charge is 2.22. The van der Waals surface area contributed by atoms with E-state index in [1.165, 1.54) is 12.2 Å². The fourth-order valence-corrected chi connectivity index (χ4v) is 2.43. The summed E-state index contributed by atoms with van der Waals surface area (Å²) in [6.45, 7) is 0. The van der Waals surface area contributed by atoms with Gasteiger partial charge in [0.2, 0.25) is 5.89 Å². The summed E-state index contributed by atoms with van der Waals surface area (Å²) in [5.41, 5.74) is 0. The van der Waals surface area contributed by atoms with Crippen LogP contribution in [0, 0.1) is 0 Å². The van der Waals surface area contributed by atoms with Crippen molar-refractivity contribution in [2.45, 2.75) is 18.1 Å². The van der Waals surface area contributed by atoms with Crippen LogP contribution in [0.25, 0.3) is 0 Å². The Morgan fingerprint density at radius 3 is 3.09 bits per heavy atom. The van der Waals surface area contributed by atoms with E-state index < -0.39 is 0 Å². The molecule has 1 saturated heterocycles. The Bertz CT molecular complexity index is 246. The van der Waals surface area contributed by atoms with Crippen LogP contribution in [0.1, 0.15) is 24.0 Å². The summed E-state index contributed by atoms with van der Waals surface area (Å²) in [7, 11) is 0. The molecule has 1 aliphatic heterocycles. The quantitative estimate of drug-likeness (QED) is 0.681. The number of hydrogen-bond acceptors (Lipinski definition) is 4. The molecular weight excluding hydrogens is 184 g/mol. The van der Waals surface area contributed by atoms with Crippen LogP contribution in [0.4, 0.5) is 0 Å². The fraction of sp³-hybridized carbons (Fsp3) is 0.667. The molecule has 1 aromatic heterocycles. The Hall–Kier alpha value is -0.220. The standard InChI is InChI=1S/C6H7ClN2OS/c7-6-8-5(10-9-6)4-2-1-3-11-4/h4H,1-3H2. The molecule has 0 saturated carbocycles. The average Bonchev–Trinajstić information content (AvgIpc) is 2.55. The van der Waals surface area contributed by atoms with E-state index in [1.807, 2.05) is 11.8 Å². The molecule has 0 aliphatic carbocycles. The molecule has 1 fully saturated rings. The van der Waals surface area contributed by atoms with Gasteiger partial charge in [-0.1, -0.05) is 0 Å². The highest BCUT2D eigenvalue weighted by atomic mass is 35.5. The van der Waals surface area contributed by atoms with Crippen LogP contribution in [-0.4, -0.2) is 15.9 Å². The summed E-state index contributed by atoms with van der Waals surface area (Å²) in [5.74, 6) is 1.86. The number of hydrogen-bond donors (Lipinski definition) is 0. The molecule has 5 heteroatoms. The minimum absolute atomic E-state index is 0.215. The summed E-state index contributed by atoms with van der Waals surface area (Å²) in [6.07, 6.45) is 2.36. The van der Waals surface area contributed by atoms with E-state index in [1.54, 1.807) is 0 Å². The zero-order valence-electron chi connectivity index (χ0n) is 5.79. The van der Waals surface area contributed by atoms with Gasteiger partial charge in [-0.15, -0.1) is 11.8 Å². The van der Waals surface area contributed by atoms with Crippen LogP contribution in [0.15, 0.2) is 4.52 Å². The van der Waals surface area contributed by atoms with Crippen molar-refractivity contribution < 1.29 is 4.52 Å². The Morgan fingerprint density at radius 2 is 2.55 bits per heavy atom. The van der Waals surface area contributed by atoms with Crippen LogP contribution in [0.5, 0.6) is 0 Å². The van der Waals surface area contributed by atoms with Gasteiger partial charge >= 0.3 is 0 Å². The van der Waals surface area contributed by atoms with Crippen molar-refractivity contribution in [1.82, 2.24) is 10.1 Å². The van der Waals surface area contributed by atoms with Gasteiger partial charge in [0, 0.05) is 0 Å². The number of rotatable bonds is 1. The van der Waals surface area contributed by atoms with E-state index in [2.05, 4.69) is 10.1 Å². The topological polar surface area (TPSA) is 38.9 Å². The third-order valence-electron chi connectivity index (χ3n) is 1.62. The highest BCUT2D eigenvalue weighted by Crippen LogP contribution is 2.38. The number of thioether (sulfide) groups is 1. The van der Waals surface area contributed by atoms with E-state index in [4.69, 9.17) is 16.1 Å². The zero-order chi connectivity index (χ0) is 7.68.